The molecule has 0 spiro atoms. The lowest BCUT2D eigenvalue weighted by Gasteiger charge is -2.39. The highest BCUT2D eigenvalue weighted by Crippen LogP contribution is 2.28. The number of anilines is 1. The van der Waals surface area contributed by atoms with Crippen LogP contribution in [0.15, 0.2) is 59.5 Å². The number of rotatable bonds is 5. The first-order valence-corrected chi connectivity index (χ1v) is 10.3. The molecule has 134 valence electrons. The van der Waals surface area contributed by atoms with Crippen molar-refractivity contribution < 1.29 is 8.42 Å². The number of benzene rings is 2. The first kappa shape index (κ1) is 18.0. The molecule has 2 aromatic carbocycles. The molecular weight excluding hydrogens is 332 g/mol. The van der Waals surface area contributed by atoms with Crippen molar-refractivity contribution in [3.63, 3.8) is 0 Å². The first-order valence-electron chi connectivity index (χ1n) is 8.84. The summed E-state index contributed by atoms with van der Waals surface area (Å²) in [6.45, 7) is 2.07. The van der Waals surface area contributed by atoms with Gasteiger partial charge in [-0.05, 0) is 44.0 Å². The van der Waals surface area contributed by atoms with E-state index in [1.54, 1.807) is 24.3 Å². The lowest BCUT2D eigenvalue weighted by atomic mass is 9.90. The Hall–Kier alpha value is -1.85. The van der Waals surface area contributed by atoms with E-state index in [0.717, 1.165) is 31.4 Å². The van der Waals surface area contributed by atoms with Gasteiger partial charge in [0.25, 0.3) is 0 Å². The van der Waals surface area contributed by atoms with E-state index in [1.807, 2.05) is 6.07 Å². The van der Waals surface area contributed by atoms with Gasteiger partial charge < -0.3 is 4.90 Å². The van der Waals surface area contributed by atoms with Crippen LogP contribution in [0.3, 0.4) is 0 Å². The third-order valence-electron chi connectivity index (χ3n) is 5.03. The number of nitrogens with one attached hydrogen (secondary N) is 1. The summed E-state index contributed by atoms with van der Waals surface area (Å²) < 4.78 is 28.4. The number of likely N-dealkylation sites (N-methyl/N-ethyl adjacent to an activating group) is 1. The highest BCUT2D eigenvalue weighted by atomic mass is 32.2. The van der Waals surface area contributed by atoms with Crippen molar-refractivity contribution in [2.75, 3.05) is 11.9 Å². The molecule has 0 aliphatic heterocycles. The van der Waals surface area contributed by atoms with Crippen molar-refractivity contribution in [1.29, 1.82) is 0 Å². The standard InChI is InChI=1S/C20H26N2O2S/c1-16-12-14-17(15-13-16)22(2)20-11-7-6-10-19(20)21-25(23,24)18-8-4-3-5-9-18/h3-5,8-9,12-15,19-21H,6-7,10-11H2,1-2H3/t19-,20+/m0/s1. The Morgan fingerprint density at radius 2 is 1.60 bits per heavy atom. The minimum Gasteiger partial charge on any atom is -0.370 e. The molecule has 5 heteroatoms. The maximum absolute atomic E-state index is 12.7. The Kier molecular flexibility index (Phi) is 5.45. The van der Waals surface area contributed by atoms with Crippen LogP contribution in [0.2, 0.25) is 0 Å². The van der Waals surface area contributed by atoms with E-state index in [0.29, 0.717) is 4.90 Å². The monoisotopic (exact) mass is 358 g/mol. The Labute approximate surface area is 150 Å². The van der Waals surface area contributed by atoms with Crippen molar-refractivity contribution >= 4 is 15.7 Å². The van der Waals surface area contributed by atoms with Gasteiger partial charge in [-0.1, -0.05) is 48.7 Å². The Morgan fingerprint density at radius 1 is 0.960 bits per heavy atom. The maximum atomic E-state index is 12.7. The second-order valence-corrected chi connectivity index (χ2v) is 8.55. The molecular formula is C20H26N2O2S. The van der Waals surface area contributed by atoms with E-state index in [1.165, 1.54) is 5.56 Å². The van der Waals surface area contributed by atoms with Crippen molar-refractivity contribution in [1.82, 2.24) is 4.72 Å². The highest BCUT2D eigenvalue weighted by molar-refractivity contribution is 7.89. The molecule has 0 unspecified atom stereocenters. The van der Waals surface area contributed by atoms with Gasteiger partial charge in [0.2, 0.25) is 10.0 Å². The second-order valence-electron chi connectivity index (χ2n) is 6.84. The second kappa shape index (κ2) is 7.58. The average Bonchev–Trinajstić information content (AvgIpc) is 2.63. The average molecular weight is 359 g/mol. The third-order valence-corrected chi connectivity index (χ3v) is 6.53. The van der Waals surface area contributed by atoms with Gasteiger partial charge in [-0.15, -0.1) is 0 Å². The van der Waals surface area contributed by atoms with Gasteiger partial charge in [0, 0.05) is 24.8 Å². The fourth-order valence-electron chi connectivity index (χ4n) is 3.55. The molecule has 1 saturated carbocycles. The van der Waals surface area contributed by atoms with E-state index in [-0.39, 0.29) is 12.1 Å². The molecule has 0 amide bonds. The van der Waals surface area contributed by atoms with Crippen LogP contribution in [-0.4, -0.2) is 27.5 Å². The minimum absolute atomic E-state index is 0.0785. The topological polar surface area (TPSA) is 49.4 Å². The Bertz CT molecular complexity index is 788. The predicted octanol–water partition coefficient (Wildman–Crippen LogP) is 3.72. The molecule has 0 aromatic heterocycles. The maximum Gasteiger partial charge on any atom is 0.240 e. The van der Waals surface area contributed by atoms with E-state index < -0.39 is 10.0 Å². The van der Waals surface area contributed by atoms with Crippen LogP contribution in [-0.2, 0) is 10.0 Å². The summed E-state index contributed by atoms with van der Waals surface area (Å²) in [6.07, 6.45) is 4.05. The molecule has 1 aliphatic rings. The van der Waals surface area contributed by atoms with Crippen LogP contribution in [0.1, 0.15) is 31.2 Å². The lowest BCUT2D eigenvalue weighted by molar-refractivity contribution is 0.351. The van der Waals surface area contributed by atoms with E-state index >= 15 is 0 Å². The molecule has 1 fully saturated rings. The summed E-state index contributed by atoms with van der Waals surface area (Å²) >= 11 is 0. The van der Waals surface area contributed by atoms with Gasteiger partial charge in [-0.2, -0.15) is 0 Å². The first-order chi connectivity index (χ1) is 12.0. The van der Waals surface area contributed by atoms with Crippen LogP contribution in [0.25, 0.3) is 0 Å². The van der Waals surface area contributed by atoms with Crippen molar-refractivity contribution in [3.8, 4) is 0 Å². The highest BCUT2D eigenvalue weighted by Gasteiger charge is 2.32. The molecule has 3 rings (SSSR count). The zero-order valence-electron chi connectivity index (χ0n) is 14.9. The number of aryl methyl sites for hydroxylation is 1. The molecule has 2 aromatic rings. The Morgan fingerprint density at radius 3 is 2.28 bits per heavy atom. The van der Waals surface area contributed by atoms with Gasteiger partial charge in [0.05, 0.1) is 4.90 Å². The smallest absolute Gasteiger partial charge is 0.240 e. The van der Waals surface area contributed by atoms with E-state index in [4.69, 9.17) is 0 Å². The van der Waals surface area contributed by atoms with E-state index in [2.05, 4.69) is 47.9 Å². The molecule has 25 heavy (non-hydrogen) atoms. The summed E-state index contributed by atoms with van der Waals surface area (Å²) in [4.78, 5) is 2.55. The zero-order valence-corrected chi connectivity index (χ0v) is 15.7. The molecule has 1 aliphatic carbocycles. The third kappa shape index (κ3) is 4.22. The molecule has 2 atom stereocenters. The van der Waals surface area contributed by atoms with Gasteiger partial charge >= 0.3 is 0 Å². The zero-order chi connectivity index (χ0) is 17.9. The normalized spacial score (nSPS) is 21.0. The number of nitrogens with zero attached hydrogens (tertiary/aromatic N) is 1. The summed E-state index contributed by atoms with van der Waals surface area (Å²) in [5.41, 5.74) is 2.35. The number of sulfonamides is 1. The Balaban J connectivity index is 1.80. The van der Waals surface area contributed by atoms with Crippen LogP contribution >= 0.6 is 0 Å². The summed E-state index contributed by atoms with van der Waals surface area (Å²) in [5, 5.41) is 0. The van der Waals surface area contributed by atoms with Crippen LogP contribution in [0.5, 0.6) is 0 Å². The predicted molar refractivity (Wildman–Crippen MR) is 102 cm³/mol. The van der Waals surface area contributed by atoms with Crippen molar-refractivity contribution in [3.05, 3.63) is 60.2 Å². The van der Waals surface area contributed by atoms with Crippen LogP contribution in [0, 0.1) is 6.92 Å². The fourth-order valence-corrected chi connectivity index (χ4v) is 4.88. The van der Waals surface area contributed by atoms with Crippen molar-refractivity contribution in [2.24, 2.45) is 0 Å². The fraction of sp³-hybridized carbons (Fsp3) is 0.400. The van der Waals surface area contributed by atoms with Crippen molar-refractivity contribution in [2.45, 2.75) is 49.6 Å². The lowest BCUT2D eigenvalue weighted by Crippen LogP contribution is -2.52. The van der Waals surface area contributed by atoms with Crippen LogP contribution in [0.4, 0.5) is 5.69 Å². The number of hydrogen-bond acceptors (Lipinski definition) is 3. The van der Waals surface area contributed by atoms with Gasteiger partial charge in [0.15, 0.2) is 0 Å². The summed E-state index contributed by atoms with van der Waals surface area (Å²) in [6, 6.07) is 17.1. The molecule has 0 bridgehead atoms. The minimum atomic E-state index is -3.49. The molecule has 0 radical (unpaired) electrons. The van der Waals surface area contributed by atoms with Gasteiger partial charge in [-0.3, -0.25) is 0 Å². The van der Waals surface area contributed by atoms with Gasteiger partial charge in [-0.25, -0.2) is 13.1 Å². The summed E-state index contributed by atoms with van der Waals surface area (Å²) in [5.74, 6) is 0. The largest absolute Gasteiger partial charge is 0.370 e. The molecule has 1 N–H and O–H groups in total. The van der Waals surface area contributed by atoms with Crippen LogP contribution < -0.4 is 9.62 Å². The van der Waals surface area contributed by atoms with Gasteiger partial charge in [0.1, 0.15) is 0 Å². The summed E-state index contributed by atoms with van der Waals surface area (Å²) in [7, 11) is -1.43. The quantitative estimate of drug-likeness (QED) is 0.886. The SMILES string of the molecule is Cc1ccc(N(C)[C@@H]2CCCC[C@@H]2NS(=O)(=O)c2ccccc2)cc1. The molecule has 4 nitrogen and oxygen atoms in total. The number of hydrogen-bond donors (Lipinski definition) is 1. The van der Waals surface area contributed by atoms with E-state index in [9.17, 15) is 8.42 Å². The molecule has 0 heterocycles. The molecule has 0 saturated heterocycles.